The lowest BCUT2D eigenvalue weighted by Gasteiger charge is -2.31. The molecule has 1 saturated heterocycles. The number of amides is 4. The van der Waals surface area contributed by atoms with Gasteiger partial charge in [0.1, 0.15) is 11.4 Å². The number of methoxy groups -OCH3 is 1. The van der Waals surface area contributed by atoms with E-state index in [4.69, 9.17) is 21.3 Å². The molecule has 0 saturated carbocycles. The highest BCUT2D eigenvalue weighted by atomic mass is 35.5. The molecule has 1 fully saturated rings. The zero-order valence-electron chi connectivity index (χ0n) is 33.4. The van der Waals surface area contributed by atoms with Crippen molar-refractivity contribution in [2.45, 2.75) is 92.0 Å². The molecule has 3 N–H and O–H groups in total. The van der Waals surface area contributed by atoms with E-state index < -0.39 is 11.8 Å². The van der Waals surface area contributed by atoms with Crippen LogP contribution < -0.4 is 20.7 Å². The second-order valence-corrected chi connectivity index (χ2v) is 14.4. The van der Waals surface area contributed by atoms with Gasteiger partial charge in [-0.05, 0) is 79.7 Å². The first kappa shape index (κ1) is 41.9. The number of hydrogen-bond donors (Lipinski definition) is 3. The number of aromatic nitrogens is 1. The molecule has 3 unspecified atom stereocenters. The maximum Gasteiger partial charge on any atom is 0.315 e. The van der Waals surface area contributed by atoms with Crippen molar-refractivity contribution in [3.05, 3.63) is 88.4 Å². The highest BCUT2D eigenvalue weighted by Gasteiger charge is 2.30. The average Bonchev–Trinajstić information content (AvgIpc) is 3.56. The standard InChI is InChI=1S/C31H31ClN4O3.C10H20N2O.C2H6/c1-17-13-14-20-15-26(34-30(39-6)27(17)20)23-11-7-10-22(28(23)32)21-9-8-12-25(18(21)2)33-29(37)24-16-35(4)19(3)36(5)31(24)38;1-3-8(2)4-5-9-6-7-11-10(13)12-9;1-2/h7-12,15-17H,3,13-14H2,1-2,4-6H3,(H,33,37);8-9H,3-7H2,1-2H3,(H2,11,12,13);1-2H3. The minimum Gasteiger partial charge on any atom is -0.481 e. The van der Waals surface area contributed by atoms with E-state index in [9.17, 15) is 14.4 Å². The number of hydrogen-bond acceptors (Lipinski definition) is 6. The number of aryl methyl sites for hydroxylation is 1. The molecule has 3 heterocycles. The molecule has 290 valence electrons. The predicted octanol–water partition coefficient (Wildman–Crippen LogP) is 9.04. The van der Waals surface area contributed by atoms with Gasteiger partial charge in [0.2, 0.25) is 5.88 Å². The molecule has 2 aromatic carbocycles. The Morgan fingerprint density at radius 2 is 1.80 bits per heavy atom. The van der Waals surface area contributed by atoms with Crippen molar-refractivity contribution in [3.8, 4) is 28.3 Å². The largest absolute Gasteiger partial charge is 0.481 e. The molecule has 1 aromatic heterocycles. The molecule has 6 rings (SSSR count). The number of ether oxygens (including phenoxy) is 1. The van der Waals surface area contributed by atoms with E-state index in [1.165, 1.54) is 35.1 Å². The fourth-order valence-electron chi connectivity index (χ4n) is 6.90. The van der Waals surface area contributed by atoms with Crippen molar-refractivity contribution in [2.75, 3.05) is 33.1 Å². The summed E-state index contributed by atoms with van der Waals surface area (Å²) in [5, 5.41) is 9.18. The highest BCUT2D eigenvalue weighted by Crippen LogP contribution is 2.43. The lowest BCUT2D eigenvalue weighted by Crippen LogP contribution is -2.49. The van der Waals surface area contributed by atoms with Crippen LogP contribution in [0.15, 0.2) is 66.6 Å². The molecule has 54 heavy (non-hydrogen) atoms. The van der Waals surface area contributed by atoms with Gasteiger partial charge in [-0.25, -0.2) is 9.78 Å². The van der Waals surface area contributed by atoms with Crippen molar-refractivity contribution < 1.29 is 19.1 Å². The van der Waals surface area contributed by atoms with Gasteiger partial charge in [-0.2, -0.15) is 0 Å². The molecule has 0 radical (unpaired) electrons. The molecule has 10 nitrogen and oxygen atoms in total. The summed E-state index contributed by atoms with van der Waals surface area (Å²) in [5.74, 6) is 1.45. The summed E-state index contributed by atoms with van der Waals surface area (Å²) in [6, 6.07) is 14.0. The van der Waals surface area contributed by atoms with E-state index >= 15 is 0 Å². The number of nitrogens with zero attached hydrogens (tertiary/aromatic N) is 3. The Morgan fingerprint density at radius 1 is 1.11 bits per heavy atom. The van der Waals surface area contributed by atoms with E-state index in [1.54, 1.807) is 26.1 Å². The molecule has 0 spiro atoms. The van der Waals surface area contributed by atoms with Gasteiger partial charge in [0.05, 0.1) is 17.8 Å². The molecule has 2 aliphatic heterocycles. The number of benzene rings is 2. The third-order valence-electron chi connectivity index (χ3n) is 10.5. The molecular formula is C43H57ClN6O4. The third-order valence-corrected chi connectivity index (χ3v) is 10.9. The Hall–Kier alpha value is -4.83. The van der Waals surface area contributed by atoms with Crippen LogP contribution in [0.4, 0.5) is 10.5 Å². The van der Waals surface area contributed by atoms with Gasteiger partial charge in [0, 0.05) is 55.3 Å². The number of rotatable bonds is 9. The number of likely N-dealkylation sites (N-methyl/N-ethyl adjacent to an activating group) is 1. The van der Waals surface area contributed by atoms with Crippen molar-refractivity contribution in [2.24, 2.45) is 5.92 Å². The first-order valence-corrected chi connectivity index (χ1v) is 19.5. The molecule has 11 heteroatoms. The SMILES string of the molecule is C=C1N(C)C=C(C(=O)Nc2cccc(-c3cccc(-c4cc5c(c(OC)n4)C(C)CC5)c3Cl)c2C)C(=O)N1C.CC.CCC(C)CCC1CCNC(=O)N1. The maximum atomic E-state index is 13.1. The summed E-state index contributed by atoms with van der Waals surface area (Å²) < 4.78 is 5.66. The van der Waals surface area contributed by atoms with Gasteiger partial charge < -0.3 is 25.6 Å². The van der Waals surface area contributed by atoms with Gasteiger partial charge in [-0.15, -0.1) is 0 Å². The van der Waals surface area contributed by atoms with E-state index in [0.717, 1.165) is 66.1 Å². The molecule has 3 aromatic rings. The number of urea groups is 1. The summed E-state index contributed by atoms with van der Waals surface area (Å²) in [6.07, 6.45) is 8.22. The minimum atomic E-state index is -0.491. The van der Waals surface area contributed by atoms with Crippen LogP contribution >= 0.6 is 11.6 Å². The van der Waals surface area contributed by atoms with Crippen LogP contribution in [-0.4, -0.2) is 66.4 Å². The molecule has 3 atom stereocenters. The Kier molecular flexibility index (Phi) is 14.7. The molecule has 3 aliphatic rings. The topological polar surface area (TPSA) is 116 Å². The lowest BCUT2D eigenvalue weighted by molar-refractivity contribution is -0.128. The summed E-state index contributed by atoms with van der Waals surface area (Å²) >= 11 is 7.03. The Balaban J connectivity index is 0.000000365. The number of carbonyl (C=O) groups is 3. The number of halogens is 1. The smallest absolute Gasteiger partial charge is 0.315 e. The summed E-state index contributed by atoms with van der Waals surface area (Å²) in [4.78, 5) is 44.6. The maximum absolute atomic E-state index is 13.1. The zero-order valence-corrected chi connectivity index (χ0v) is 34.1. The van der Waals surface area contributed by atoms with Gasteiger partial charge in [-0.3, -0.25) is 14.5 Å². The fraction of sp³-hybridized carbons (Fsp3) is 0.442. The van der Waals surface area contributed by atoms with Crippen LogP contribution in [0.5, 0.6) is 5.88 Å². The number of fused-ring (bicyclic) bond motifs is 1. The summed E-state index contributed by atoms with van der Waals surface area (Å²) in [7, 11) is 4.99. The monoisotopic (exact) mass is 756 g/mol. The van der Waals surface area contributed by atoms with E-state index in [1.807, 2.05) is 57.2 Å². The molecule has 0 bridgehead atoms. The zero-order chi connectivity index (χ0) is 39.7. The number of carbonyl (C=O) groups excluding carboxylic acids is 3. The Bertz CT molecular complexity index is 1890. The number of nitrogens with one attached hydrogen (secondary N) is 3. The van der Waals surface area contributed by atoms with E-state index in [2.05, 4.69) is 49.4 Å². The van der Waals surface area contributed by atoms with Gasteiger partial charge in [0.15, 0.2) is 0 Å². The van der Waals surface area contributed by atoms with Crippen molar-refractivity contribution >= 4 is 35.1 Å². The molecule has 4 amide bonds. The second kappa shape index (κ2) is 19.0. The minimum absolute atomic E-state index is 0.000372. The van der Waals surface area contributed by atoms with E-state index in [0.29, 0.717) is 34.4 Å². The first-order valence-electron chi connectivity index (χ1n) is 19.1. The third kappa shape index (κ3) is 9.45. The average molecular weight is 757 g/mol. The van der Waals surface area contributed by atoms with Crippen molar-refractivity contribution in [1.82, 2.24) is 25.4 Å². The van der Waals surface area contributed by atoms with Gasteiger partial charge in [0.25, 0.3) is 11.8 Å². The Labute approximate surface area is 326 Å². The first-order chi connectivity index (χ1) is 25.8. The van der Waals surface area contributed by atoms with Crippen LogP contribution in [0.2, 0.25) is 5.02 Å². The van der Waals surface area contributed by atoms with Gasteiger partial charge in [-0.1, -0.05) is 89.6 Å². The van der Waals surface area contributed by atoms with Crippen molar-refractivity contribution in [1.29, 1.82) is 0 Å². The summed E-state index contributed by atoms with van der Waals surface area (Å²) in [6.45, 7) is 17.3. The van der Waals surface area contributed by atoms with Gasteiger partial charge >= 0.3 is 6.03 Å². The second-order valence-electron chi connectivity index (χ2n) is 14.0. The number of pyridine rings is 1. The lowest BCUT2D eigenvalue weighted by atomic mass is 9.95. The van der Waals surface area contributed by atoms with Crippen LogP contribution in [0, 0.1) is 12.8 Å². The predicted molar refractivity (Wildman–Crippen MR) is 220 cm³/mol. The normalized spacial score (nSPS) is 18.2. The number of anilines is 1. The Morgan fingerprint density at radius 3 is 2.48 bits per heavy atom. The fourth-order valence-corrected chi connectivity index (χ4v) is 7.23. The quantitative estimate of drug-likeness (QED) is 0.188. The highest BCUT2D eigenvalue weighted by molar-refractivity contribution is 6.36. The molecular weight excluding hydrogens is 700 g/mol. The van der Waals surface area contributed by atoms with E-state index in [-0.39, 0.29) is 11.6 Å². The van der Waals surface area contributed by atoms with Crippen LogP contribution in [-0.2, 0) is 16.0 Å². The summed E-state index contributed by atoms with van der Waals surface area (Å²) in [5.41, 5.74) is 7.15. The van der Waals surface area contributed by atoms with Crippen LogP contribution in [0.25, 0.3) is 22.4 Å². The van der Waals surface area contributed by atoms with Crippen LogP contribution in [0.3, 0.4) is 0 Å². The van der Waals surface area contributed by atoms with Crippen molar-refractivity contribution in [3.63, 3.8) is 0 Å². The van der Waals surface area contributed by atoms with Crippen LogP contribution in [0.1, 0.15) is 89.3 Å². The molecule has 1 aliphatic carbocycles.